The molecule has 2 nitrogen and oxygen atoms in total. The van der Waals surface area contributed by atoms with Gasteiger partial charge in [0.2, 0.25) is 0 Å². The summed E-state index contributed by atoms with van der Waals surface area (Å²) in [6.07, 6.45) is 3.02. The average molecular weight is 235 g/mol. The fraction of sp³-hybridized carbons (Fsp3) is 0.571. The highest BCUT2D eigenvalue weighted by atomic mass is 19.1. The number of para-hydroxylation sites is 1. The molecule has 1 heterocycles. The summed E-state index contributed by atoms with van der Waals surface area (Å²) in [5, 5.41) is 9.77. The first-order chi connectivity index (χ1) is 8.16. The molecule has 2 aliphatic rings. The van der Waals surface area contributed by atoms with Crippen LogP contribution in [-0.2, 0) is 0 Å². The van der Waals surface area contributed by atoms with E-state index >= 15 is 0 Å². The predicted molar refractivity (Wildman–Crippen MR) is 65.5 cm³/mol. The molecule has 2 bridgehead atoms. The molecule has 1 aliphatic carbocycles. The molecule has 0 radical (unpaired) electrons. The van der Waals surface area contributed by atoms with Gasteiger partial charge in [0.1, 0.15) is 5.82 Å². The molecule has 0 aromatic heterocycles. The van der Waals surface area contributed by atoms with Gasteiger partial charge in [0.25, 0.3) is 0 Å². The summed E-state index contributed by atoms with van der Waals surface area (Å²) in [7, 11) is 0. The van der Waals surface area contributed by atoms with Crippen molar-refractivity contribution in [2.45, 2.75) is 38.3 Å². The third kappa shape index (κ3) is 1.73. The average Bonchev–Trinajstić information content (AvgIpc) is 2.90. The molecule has 0 amide bonds. The first kappa shape index (κ1) is 11.0. The highest BCUT2D eigenvalue weighted by Crippen LogP contribution is 2.43. The van der Waals surface area contributed by atoms with Crippen LogP contribution in [0.1, 0.15) is 37.9 Å². The Bertz CT molecular complexity index is 432. The quantitative estimate of drug-likeness (QED) is 0.852. The van der Waals surface area contributed by atoms with Crippen molar-refractivity contribution in [1.29, 1.82) is 0 Å². The van der Waals surface area contributed by atoms with Crippen LogP contribution in [0.5, 0.6) is 0 Å². The Hall–Kier alpha value is -1.09. The number of piperidine rings is 1. The number of halogens is 1. The molecule has 3 unspecified atom stereocenters. The molecule has 1 aromatic carbocycles. The van der Waals surface area contributed by atoms with E-state index in [4.69, 9.17) is 0 Å². The molecular weight excluding hydrogens is 217 g/mol. The van der Waals surface area contributed by atoms with Gasteiger partial charge in [-0.2, -0.15) is 0 Å². The molecule has 0 spiro atoms. The van der Waals surface area contributed by atoms with E-state index in [1.807, 2.05) is 6.07 Å². The van der Waals surface area contributed by atoms with Crippen LogP contribution in [0.25, 0.3) is 0 Å². The van der Waals surface area contributed by atoms with Gasteiger partial charge in [-0.1, -0.05) is 12.1 Å². The maximum atomic E-state index is 14.0. The third-order valence-corrected chi connectivity index (χ3v) is 4.16. The first-order valence-electron chi connectivity index (χ1n) is 6.40. The van der Waals surface area contributed by atoms with Gasteiger partial charge in [0.15, 0.2) is 0 Å². The SMILES string of the molecule is CC(O)c1cccc(F)c1N1CC2CCC1C2. The van der Waals surface area contributed by atoms with Gasteiger partial charge in [-0.25, -0.2) is 4.39 Å². The maximum Gasteiger partial charge on any atom is 0.146 e. The Morgan fingerprint density at radius 1 is 1.41 bits per heavy atom. The number of nitrogens with zero attached hydrogens (tertiary/aromatic N) is 1. The van der Waals surface area contributed by atoms with Gasteiger partial charge >= 0.3 is 0 Å². The van der Waals surface area contributed by atoms with Crippen LogP contribution in [-0.4, -0.2) is 17.7 Å². The van der Waals surface area contributed by atoms with E-state index < -0.39 is 6.10 Å². The lowest BCUT2D eigenvalue weighted by Crippen LogP contribution is -2.33. The van der Waals surface area contributed by atoms with Gasteiger partial charge < -0.3 is 10.0 Å². The van der Waals surface area contributed by atoms with Crippen molar-refractivity contribution in [3.05, 3.63) is 29.6 Å². The molecule has 92 valence electrons. The van der Waals surface area contributed by atoms with Crippen LogP contribution in [0, 0.1) is 11.7 Å². The van der Waals surface area contributed by atoms with Crippen molar-refractivity contribution in [2.24, 2.45) is 5.92 Å². The number of aliphatic hydroxyl groups is 1. The molecule has 3 atom stereocenters. The summed E-state index contributed by atoms with van der Waals surface area (Å²) in [6.45, 7) is 2.65. The van der Waals surface area contributed by atoms with Crippen LogP contribution in [0.15, 0.2) is 18.2 Å². The van der Waals surface area contributed by atoms with E-state index in [1.165, 1.54) is 18.9 Å². The molecule has 3 rings (SSSR count). The van der Waals surface area contributed by atoms with E-state index in [-0.39, 0.29) is 5.82 Å². The second-order valence-electron chi connectivity index (χ2n) is 5.34. The number of benzene rings is 1. The van der Waals surface area contributed by atoms with Gasteiger partial charge in [-0.15, -0.1) is 0 Å². The van der Waals surface area contributed by atoms with Crippen LogP contribution in [0.3, 0.4) is 0 Å². The lowest BCUT2D eigenvalue weighted by atomic mass is 10.0. The largest absolute Gasteiger partial charge is 0.389 e. The van der Waals surface area contributed by atoms with Crippen LogP contribution >= 0.6 is 0 Å². The topological polar surface area (TPSA) is 23.5 Å². The molecule has 1 aliphatic heterocycles. The Morgan fingerprint density at radius 2 is 2.24 bits per heavy atom. The fourth-order valence-corrected chi connectivity index (χ4v) is 3.37. The molecule has 1 aromatic rings. The third-order valence-electron chi connectivity index (χ3n) is 4.16. The van der Waals surface area contributed by atoms with Gasteiger partial charge in [0, 0.05) is 18.2 Å². The molecular formula is C14H18FNO. The van der Waals surface area contributed by atoms with E-state index in [1.54, 1.807) is 13.0 Å². The zero-order valence-electron chi connectivity index (χ0n) is 10.1. The summed E-state index contributed by atoms with van der Waals surface area (Å²) >= 11 is 0. The minimum atomic E-state index is -0.611. The summed E-state index contributed by atoms with van der Waals surface area (Å²) in [5.74, 6) is 0.525. The monoisotopic (exact) mass is 235 g/mol. The smallest absolute Gasteiger partial charge is 0.146 e. The standard InChI is InChI=1S/C14H18FNO/c1-9(17)12-3-2-4-13(15)14(12)16-8-10-5-6-11(16)7-10/h2-4,9-11,17H,5-8H2,1H3. The number of fused-ring (bicyclic) bond motifs is 2. The molecule has 2 fully saturated rings. The number of rotatable bonds is 2. The Kier molecular flexibility index (Phi) is 2.58. The number of aliphatic hydroxyl groups excluding tert-OH is 1. The zero-order valence-corrected chi connectivity index (χ0v) is 10.1. The van der Waals surface area contributed by atoms with Crippen molar-refractivity contribution in [1.82, 2.24) is 0 Å². The molecule has 17 heavy (non-hydrogen) atoms. The summed E-state index contributed by atoms with van der Waals surface area (Å²) < 4.78 is 14.0. The fourth-order valence-electron chi connectivity index (χ4n) is 3.37. The Labute approximate surface area is 101 Å². The van der Waals surface area contributed by atoms with Crippen molar-refractivity contribution >= 4 is 5.69 Å². The molecule has 1 N–H and O–H groups in total. The van der Waals surface area contributed by atoms with Crippen LogP contribution in [0.2, 0.25) is 0 Å². The number of hydrogen-bond donors (Lipinski definition) is 1. The predicted octanol–water partition coefficient (Wildman–Crippen LogP) is 2.87. The lowest BCUT2D eigenvalue weighted by molar-refractivity contribution is 0.199. The number of hydrogen-bond acceptors (Lipinski definition) is 2. The normalized spacial score (nSPS) is 28.8. The zero-order chi connectivity index (χ0) is 12.0. The van der Waals surface area contributed by atoms with E-state index in [9.17, 15) is 9.50 Å². The van der Waals surface area contributed by atoms with Gasteiger partial charge in [-0.05, 0) is 38.2 Å². The van der Waals surface area contributed by atoms with E-state index in [2.05, 4.69) is 4.90 Å². The minimum absolute atomic E-state index is 0.198. The van der Waals surface area contributed by atoms with Crippen LogP contribution in [0.4, 0.5) is 10.1 Å². The summed E-state index contributed by atoms with van der Waals surface area (Å²) in [5.41, 5.74) is 1.35. The van der Waals surface area contributed by atoms with Crippen LogP contribution < -0.4 is 4.90 Å². The van der Waals surface area contributed by atoms with Crippen molar-refractivity contribution in [3.63, 3.8) is 0 Å². The second kappa shape index (κ2) is 3.98. The highest BCUT2D eigenvalue weighted by Gasteiger charge is 2.39. The summed E-state index contributed by atoms with van der Waals surface area (Å²) in [4.78, 5) is 2.17. The van der Waals surface area contributed by atoms with Crippen molar-refractivity contribution in [3.8, 4) is 0 Å². The second-order valence-corrected chi connectivity index (χ2v) is 5.34. The Balaban J connectivity index is 2.02. The molecule has 1 saturated heterocycles. The van der Waals surface area contributed by atoms with Crippen molar-refractivity contribution < 1.29 is 9.50 Å². The Morgan fingerprint density at radius 3 is 2.82 bits per heavy atom. The minimum Gasteiger partial charge on any atom is -0.389 e. The van der Waals surface area contributed by atoms with E-state index in [0.717, 1.165) is 24.4 Å². The highest BCUT2D eigenvalue weighted by molar-refractivity contribution is 5.57. The van der Waals surface area contributed by atoms with E-state index in [0.29, 0.717) is 11.7 Å². The van der Waals surface area contributed by atoms with Gasteiger partial charge in [-0.3, -0.25) is 0 Å². The first-order valence-corrected chi connectivity index (χ1v) is 6.40. The number of anilines is 1. The maximum absolute atomic E-state index is 14.0. The van der Waals surface area contributed by atoms with Gasteiger partial charge in [0.05, 0.1) is 11.8 Å². The summed E-state index contributed by atoms with van der Waals surface area (Å²) in [6, 6.07) is 5.48. The lowest BCUT2D eigenvalue weighted by Gasteiger charge is -2.31. The molecule has 1 saturated carbocycles. The van der Waals surface area contributed by atoms with Crippen molar-refractivity contribution in [2.75, 3.05) is 11.4 Å². The molecule has 3 heteroatoms.